The van der Waals surface area contributed by atoms with Gasteiger partial charge in [-0.2, -0.15) is 0 Å². The van der Waals surface area contributed by atoms with Crippen LogP contribution in [0.25, 0.3) is 0 Å². The van der Waals surface area contributed by atoms with E-state index in [1.807, 2.05) is 32.0 Å². The number of esters is 1. The molecular weight excluding hydrogens is 230 g/mol. The molecule has 1 aromatic carbocycles. The highest BCUT2D eigenvalue weighted by Gasteiger charge is 2.55. The zero-order valence-electron chi connectivity index (χ0n) is 10.3. The number of aryl methyl sites for hydroxylation is 2. The summed E-state index contributed by atoms with van der Waals surface area (Å²) in [6.45, 7) is 4.01. The molecular formula is C14H13NO3. The van der Waals surface area contributed by atoms with E-state index in [0.29, 0.717) is 0 Å². The summed E-state index contributed by atoms with van der Waals surface area (Å²) in [5, 5.41) is 0. The molecule has 1 aromatic rings. The van der Waals surface area contributed by atoms with Crippen LogP contribution in [0.1, 0.15) is 17.5 Å². The molecule has 2 aliphatic heterocycles. The van der Waals surface area contributed by atoms with Gasteiger partial charge in [-0.25, -0.2) is 4.79 Å². The van der Waals surface area contributed by atoms with E-state index >= 15 is 0 Å². The Kier molecular flexibility index (Phi) is 2.11. The summed E-state index contributed by atoms with van der Waals surface area (Å²) in [5.74, 6) is -0.422. The van der Waals surface area contributed by atoms with Crippen molar-refractivity contribution in [3.05, 3.63) is 41.5 Å². The minimum absolute atomic E-state index is 0.0300. The molecule has 0 radical (unpaired) electrons. The van der Waals surface area contributed by atoms with Gasteiger partial charge in [0.2, 0.25) is 11.6 Å². The fourth-order valence-electron chi connectivity index (χ4n) is 2.38. The van der Waals surface area contributed by atoms with Gasteiger partial charge in [-0.15, -0.1) is 0 Å². The smallest absolute Gasteiger partial charge is 0.333 e. The van der Waals surface area contributed by atoms with E-state index in [1.165, 1.54) is 11.6 Å². The highest BCUT2D eigenvalue weighted by atomic mass is 16.6. The second-order valence-electron chi connectivity index (χ2n) is 4.77. The van der Waals surface area contributed by atoms with Crippen LogP contribution in [-0.2, 0) is 14.3 Å². The van der Waals surface area contributed by atoms with Crippen LogP contribution in [-0.4, -0.2) is 17.6 Å². The van der Waals surface area contributed by atoms with Crippen LogP contribution < -0.4 is 4.90 Å². The van der Waals surface area contributed by atoms with Crippen molar-refractivity contribution in [2.24, 2.45) is 0 Å². The highest BCUT2D eigenvalue weighted by molar-refractivity contribution is 6.05. The molecule has 2 heterocycles. The molecule has 0 bridgehead atoms. The van der Waals surface area contributed by atoms with Crippen LogP contribution in [0, 0.1) is 13.8 Å². The van der Waals surface area contributed by atoms with Crippen molar-refractivity contribution in [2.45, 2.75) is 26.0 Å². The maximum atomic E-state index is 11.8. The molecule has 1 fully saturated rings. The molecule has 0 saturated carbocycles. The number of rotatable bonds is 1. The molecule has 18 heavy (non-hydrogen) atoms. The largest absolute Gasteiger partial charge is 0.431 e. The Morgan fingerprint density at radius 2 is 2.00 bits per heavy atom. The van der Waals surface area contributed by atoms with Gasteiger partial charge in [-0.1, -0.05) is 6.07 Å². The van der Waals surface area contributed by atoms with Crippen molar-refractivity contribution in [2.75, 3.05) is 4.90 Å². The third-order valence-corrected chi connectivity index (χ3v) is 3.54. The molecule has 1 saturated heterocycles. The quantitative estimate of drug-likeness (QED) is 0.558. The average Bonchev–Trinajstić information content (AvgIpc) is 2.67. The second-order valence-corrected chi connectivity index (χ2v) is 4.77. The van der Waals surface area contributed by atoms with Gasteiger partial charge in [-0.3, -0.25) is 9.69 Å². The van der Waals surface area contributed by atoms with Crippen LogP contribution >= 0.6 is 0 Å². The topological polar surface area (TPSA) is 46.6 Å². The van der Waals surface area contributed by atoms with E-state index in [-0.39, 0.29) is 12.3 Å². The number of β-lactam (4-membered cyclic amide) rings is 1. The van der Waals surface area contributed by atoms with Gasteiger partial charge in [0.15, 0.2) is 0 Å². The SMILES string of the molecule is Cc1ccc(N2C(=O)CC23C=CC(=O)O3)cc1C. The van der Waals surface area contributed by atoms with Gasteiger partial charge in [0.1, 0.15) is 0 Å². The lowest BCUT2D eigenvalue weighted by Crippen LogP contribution is -2.63. The molecule has 4 nitrogen and oxygen atoms in total. The molecule has 4 heteroatoms. The van der Waals surface area contributed by atoms with Crippen molar-refractivity contribution in [1.29, 1.82) is 0 Å². The first-order chi connectivity index (χ1) is 8.52. The standard InChI is InChI=1S/C14H13NO3/c1-9-3-4-11(7-10(9)2)15-12(16)8-14(15)6-5-13(17)18-14/h3-7H,8H2,1-2H3. The van der Waals surface area contributed by atoms with Crippen molar-refractivity contribution in [3.8, 4) is 0 Å². The number of hydrogen-bond acceptors (Lipinski definition) is 3. The summed E-state index contributed by atoms with van der Waals surface area (Å²) < 4.78 is 5.25. The Morgan fingerprint density at radius 3 is 2.56 bits per heavy atom. The zero-order valence-corrected chi connectivity index (χ0v) is 10.3. The summed E-state index contributed by atoms with van der Waals surface area (Å²) in [4.78, 5) is 24.5. The van der Waals surface area contributed by atoms with Crippen molar-refractivity contribution < 1.29 is 14.3 Å². The fraction of sp³-hybridized carbons (Fsp3) is 0.286. The normalized spacial score (nSPS) is 25.6. The molecule has 1 spiro atoms. The lowest BCUT2D eigenvalue weighted by atomic mass is 9.95. The summed E-state index contributed by atoms with van der Waals surface area (Å²) >= 11 is 0. The Hall–Kier alpha value is -2.10. The Balaban J connectivity index is 2.00. The molecule has 1 unspecified atom stereocenters. The van der Waals surface area contributed by atoms with Crippen LogP contribution in [0.4, 0.5) is 5.69 Å². The predicted octanol–water partition coefficient (Wildman–Crippen LogP) is 1.85. The maximum absolute atomic E-state index is 11.8. The first-order valence-electron chi connectivity index (χ1n) is 5.84. The zero-order chi connectivity index (χ0) is 12.9. The van der Waals surface area contributed by atoms with E-state index in [0.717, 1.165) is 11.3 Å². The minimum Gasteiger partial charge on any atom is -0.431 e. The highest BCUT2D eigenvalue weighted by Crippen LogP contribution is 2.41. The maximum Gasteiger partial charge on any atom is 0.333 e. The van der Waals surface area contributed by atoms with E-state index in [9.17, 15) is 9.59 Å². The molecule has 1 amide bonds. The van der Waals surface area contributed by atoms with Crippen molar-refractivity contribution in [1.82, 2.24) is 0 Å². The summed E-state index contributed by atoms with van der Waals surface area (Å²) in [6.07, 6.45) is 3.26. The third kappa shape index (κ3) is 1.38. The van der Waals surface area contributed by atoms with E-state index in [2.05, 4.69) is 0 Å². The summed E-state index contributed by atoms with van der Waals surface area (Å²) in [6, 6.07) is 5.78. The van der Waals surface area contributed by atoms with Gasteiger partial charge < -0.3 is 4.74 Å². The lowest BCUT2D eigenvalue weighted by Gasteiger charge is -2.46. The number of carbonyl (C=O) groups is 2. The Labute approximate surface area is 105 Å². The fourth-order valence-corrected chi connectivity index (χ4v) is 2.38. The number of anilines is 1. The molecule has 0 aromatic heterocycles. The van der Waals surface area contributed by atoms with Gasteiger partial charge in [0.05, 0.1) is 6.42 Å². The second kappa shape index (κ2) is 3.45. The van der Waals surface area contributed by atoms with Crippen LogP contribution in [0.5, 0.6) is 0 Å². The van der Waals surface area contributed by atoms with Crippen molar-refractivity contribution >= 4 is 17.6 Å². The Bertz CT molecular complexity index is 591. The first kappa shape index (κ1) is 11.0. The minimum atomic E-state index is -0.879. The number of nitrogens with zero attached hydrogens (tertiary/aromatic N) is 1. The van der Waals surface area contributed by atoms with Gasteiger partial charge in [-0.05, 0) is 43.2 Å². The molecule has 0 aliphatic carbocycles. The number of carbonyl (C=O) groups excluding carboxylic acids is 2. The molecule has 1 atom stereocenters. The molecule has 0 N–H and O–H groups in total. The van der Waals surface area contributed by atoms with Crippen molar-refractivity contribution in [3.63, 3.8) is 0 Å². The number of hydrogen-bond donors (Lipinski definition) is 0. The van der Waals surface area contributed by atoms with Gasteiger partial charge in [0.25, 0.3) is 0 Å². The number of ether oxygens (including phenoxy) is 1. The number of amides is 1. The van der Waals surface area contributed by atoms with E-state index in [4.69, 9.17) is 4.74 Å². The monoisotopic (exact) mass is 243 g/mol. The third-order valence-electron chi connectivity index (χ3n) is 3.54. The van der Waals surface area contributed by atoms with Crippen LogP contribution in [0.2, 0.25) is 0 Å². The van der Waals surface area contributed by atoms with Gasteiger partial charge in [0, 0.05) is 11.8 Å². The molecule has 3 rings (SSSR count). The predicted molar refractivity (Wildman–Crippen MR) is 66.0 cm³/mol. The van der Waals surface area contributed by atoms with Crippen LogP contribution in [0.15, 0.2) is 30.4 Å². The summed E-state index contributed by atoms with van der Waals surface area (Å²) in [7, 11) is 0. The summed E-state index contributed by atoms with van der Waals surface area (Å²) in [5.41, 5.74) is 2.17. The van der Waals surface area contributed by atoms with E-state index < -0.39 is 11.7 Å². The molecule has 92 valence electrons. The Morgan fingerprint density at radius 1 is 1.22 bits per heavy atom. The lowest BCUT2D eigenvalue weighted by molar-refractivity contribution is -0.156. The van der Waals surface area contributed by atoms with E-state index in [1.54, 1.807) is 11.0 Å². The molecule has 2 aliphatic rings. The number of benzene rings is 1. The van der Waals surface area contributed by atoms with Crippen LogP contribution in [0.3, 0.4) is 0 Å². The average molecular weight is 243 g/mol. The first-order valence-corrected chi connectivity index (χ1v) is 5.84. The van der Waals surface area contributed by atoms with Gasteiger partial charge >= 0.3 is 5.97 Å².